The average Bonchev–Trinajstić information content (AvgIpc) is 2.77. The van der Waals surface area contributed by atoms with Crippen LogP contribution in [0.5, 0.6) is 0 Å². The lowest BCUT2D eigenvalue weighted by Gasteiger charge is -2.34. The predicted octanol–water partition coefficient (Wildman–Crippen LogP) is 0.917. The van der Waals surface area contributed by atoms with Crippen LogP contribution in [-0.2, 0) is 14.3 Å². The number of nitrogens with one attached hydrogen (secondary N) is 1. The van der Waals surface area contributed by atoms with E-state index in [0.717, 1.165) is 10.5 Å². The van der Waals surface area contributed by atoms with Crippen LogP contribution in [0.25, 0.3) is 0 Å². The lowest BCUT2D eigenvalue weighted by Crippen LogP contribution is -2.52. The third-order valence-electron chi connectivity index (χ3n) is 4.35. The minimum Gasteiger partial charge on any atom is -0.433 e. The summed E-state index contributed by atoms with van der Waals surface area (Å²) in [6, 6.07) is 9.92. The molecule has 0 unspecified atom stereocenters. The first-order valence-electron chi connectivity index (χ1n) is 7.99. The van der Waals surface area contributed by atoms with E-state index in [0.29, 0.717) is 19.6 Å². The Morgan fingerprint density at radius 3 is 2.62 bits per heavy atom. The van der Waals surface area contributed by atoms with Gasteiger partial charge in [0.05, 0.1) is 0 Å². The Balaban J connectivity index is 1.65. The molecule has 3 amide bonds. The summed E-state index contributed by atoms with van der Waals surface area (Å²) < 4.78 is 5.01. The van der Waals surface area contributed by atoms with Crippen LogP contribution in [0.3, 0.4) is 0 Å². The highest BCUT2D eigenvalue weighted by molar-refractivity contribution is 6.04. The quantitative estimate of drug-likeness (QED) is 0.891. The number of cyclic esters (lactones) is 1. The number of imide groups is 1. The van der Waals surface area contributed by atoms with E-state index in [4.69, 9.17) is 4.74 Å². The maximum Gasteiger partial charge on any atom is 0.418 e. The first-order chi connectivity index (χ1) is 11.4. The standard InChI is InChI=1S/C17H21N3O4/c1-17(2)15(22)20(16(23)24-17)11-14(21)19-9-8-18-13(10-19)12-6-4-3-5-7-12/h3-7,13,18H,8-11H2,1-2H3/t13-/m1/s1. The van der Waals surface area contributed by atoms with E-state index in [9.17, 15) is 14.4 Å². The lowest BCUT2D eigenvalue weighted by atomic mass is 10.0. The second kappa shape index (κ2) is 6.24. The molecule has 2 fully saturated rings. The molecule has 0 radical (unpaired) electrons. The third kappa shape index (κ3) is 3.12. The van der Waals surface area contributed by atoms with E-state index in [1.165, 1.54) is 13.8 Å². The number of piperazine rings is 1. The monoisotopic (exact) mass is 331 g/mol. The molecular formula is C17H21N3O4. The van der Waals surface area contributed by atoms with Gasteiger partial charge in [0.1, 0.15) is 6.54 Å². The minimum atomic E-state index is -1.20. The SMILES string of the molecule is CC1(C)OC(=O)N(CC(=O)N2CCN[C@@H](c3ccccc3)C2)C1=O. The minimum absolute atomic E-state index is 0.0431. The topological polar surface area (TPSA) is 79.0 Å². The molecule has 3 rings (SSSR count). The number of nitrogens with zero attached hydrogens (tertiary/aromatic N) is 2. The summed E-state index contributed by atoms with van der Waals surface area (Å²) >= 11 is 0. The van der Waals surface area contributed by atoms with Gasteiger partial charge < -0.3 is 15.0 Å². The molecule has 2 saturated heterocycles. The third-order valence-corrected chi connectivity index (χ3v) is 4.35. The van der Waals surface area contributed by atoms with Crippen LogP contribution in [-0.4, -0.2) is 59.5 Å². The Bertz CT molecular complexity index is 659. The Morgan fingerprint density at radius 1 is 1.29 bits per heavy atom. The summed E-state index contributed by atoms with van der Waals surface area (Å²) in [6.07, 6.45) is -0.756. The van der Waals surface area contributed by atoms with Gasteiger partial charge in [-0.1, -0.05) is 30.3 Å². The highest BCUT2D eigenvalue weighted by Gasteiger charge is 2.48. The number of amides is 3. The predicted molar refractivity (Wildman–Crippen MR) is 86.0 cm³/mol. The zero-order valence-corrected chi connectivity index (χ0v) is 13.8. The molecule has 0 aromatic heterocycles. The Hall–Kier alpha value is -2.41. The fourth-order valence-electron chi connectivity index (χ4n) is 2.98. The van der Waals surface area contributed by atoms with Crippen molar-refractivity contribution in [3.8, 4) is 0 Å². The van der Waals surface area contributed by atoms with Crippen molar-refractivity contribution in [2.24, 2.45) is 0 Å². The van der Waals surface area contributed by atoms with Crippen LogP contribution in [0.4, 0.5) is 4.79 Å². The second-order valence-corrected chi connectivity index (χ2v) is 6.53. The van der Waals surface area contributed by atoms with Gasteiger partial charge in [0.25, 0.3) is 5.91 Å². The second-order valence-electron chi connectivity index (χ2n) is 6.53. The van der Waals surface area contributed by atoms with Gasteiger partial charge >= 0.3 is 6.09 Å². The molecule has 1 aromatic rings. The Kier molecular flexibility index (Phi) is 4.28. The molecule has 0 spiro atoms. The lowest BCUT2D eigenvalue weighted by molar-refractivity contribution is -0.140. The molecule has 0 saturated carbocycles. The molecule has 24 heavy (non-hydrogen) atoms. The molecule has 7 heteroatoms. The van der Waals surface area contributed by atoms with Crippen molar-refractivity contribution < 1.29 is 19.1 Å². The summed E-state index contributed by atoms with van der Waals surface area (Å²) in [5, 5.41) is 3.38. The fourth-order valence-corrected chi connectivity index (χ4v) is 2.98. The fraction of sp³-hybridized carbons (Fsp3) is 0.471. The summed E-state index contributed by atoms with van der Waals surface area (Å²) in [5.74, 6) is -0.726. The normalized spacial score (nSPS) is 23.3. The van der Waals surface area contributed by atoms with Gasteiger partial charge in [0, 0.05) is 25.7 Å². The van der Waals surface area contributed by atoms with Crippen LogP contribution in [0.15, 0.2) is 30.3 Å². The maximum atomic E-state index is 12.5. The number of rotatable bonds is 3. The highest BCUT2D eigenvalue weighted by atomic mass is 16.6. The van der Waals surface area contributed by atoms with Gasteiger partial charge in [-0.2, -0.15) is 0 Å². The van der Waals surface area contributed by atoms with Crippen molar-refractivity contribution in [3.05, 3.63) is 35.9 Å². The Morgan fingerprint density at radius 2 is 2.00 bits per heavy atom. The highest BCUT2D eigenvalue weighted by Crippen LogP contribution is 2.24. The number of carbonyl (C=O) groups excluding carboxylic acids is 3. The zero-order chi connectivity index (χ0) is 17.3. The first kappa shape index (κ1) is 16.4. The number of benzene rings is 1. The first-order valence-corrected chi connectivity index (χ1v) is 7.99. The van der Waals surface area contributed by atoms with E-state index < -0.39 is 17.6 Å². The van der Waals surface area contributed by atoms with Crippen molar-refractivity contribution >= 4 is 17.9 Å². The average molecular weight is 331 g/mol. The van der Waals surface area contributed by atoms with Crippen LogP contribution in [0.1, 0.15) is 25.5 Å². The van der Waals surface area contributed by atoms with Crippen LogP contribution in [0.2, 0.25) is 0 Å². The van der Waals surface area contributed by atoms with E-state index in [-0.39, 0.29) is 18.5 Å². The summed E-state index contributed by atoms with van der Waals surface area (Å²) in [6.45, 7) is 4.48. The van der Waals surface area contributed by atoms with Gasteiger partial charge in [-0.15, -0.1) is 0 Å². The number of hydrogen-bond acceptors (Lipinski definition) is 5. The van der Waals surface area contributed by atoms with E-state index in [1.807, 2.05) is 30.3 Å². The molecule has 0 aliphatic carbocycles. The summed E-state index contributed by atoms with van der Waals surface area (Å²) in [7, 11) is 0. The maximum absolute atomic E-state index is 12.5. The van der Waals surface area contributed by atoms with Crippen molar-refractivity contribution in [1.29, 1.82) is 0 Å². The van der Waals surface area contributed by atoms with Gasteiger partial charge in [-0.25, -0.2) is 9.69 Å². The molecule has 1 atom stereocenters. The van der Waals surface area contributed by atoms with Crippen molar-refractivity contribution in [1.82, 2.24) is 15.1 Å². The number of hydrogen-bond donors (Lipinski definition) is 1. The van der Waals surface area contributed by atoms with E-state index in [2.05, 4.69) is 5.32 Å². The Labute approximate surface area is 140 Å². The van der Waals surface area contributed by atoms with Crippen molar-refractivity contribution in [2.45, 2.75) is 25.5 Å². The molecule has 2 aliphatic rings. The molecule has 128 valence electrons. The van der Waals surface area contributed by atoms with Crippen LogP contribution >= 0.6 is 0 Å². The summed E-state index contributed by atoms with van der Waals surface area (Å²) in [5.41, 5.74) is -0.0966. The van der Waals surface area contributed by atoms with E-state index in [1.54, 1.807) is 4.90 Å². The van der Waals surface area contributed by atoms with Crippen molar-refractivity contribution in [3.63, 3.8) is 0 Å². The molecular weight excluding hydrogens is 310 g/mol. The van der Waals surface area contributed by atoms with E-state index >= 15 is 0 Å². The molecule has 2 aliphatic heterocycles. The van der Waals surface area contributed by atoms with Gasteiger partial charge in [0.15, 0.2) is 5.60 Å². The summed E-state index contributed by atoms with van der Waals surface area (Å²) in [4.78, 5) is 39.0. The zero-order valence-electron chi connectivity index (χ0n) is 13.8. The van der Waals surface area contributed by atoms with Crippen LogP contribution < -0.4 is 5.32 Å². The number of carbonyl (C=O) groups is 3. The molecule has 1 aromatic carbocycles. The molecule has 7 nitrogen and oxygen atoms in total. The molecule has 0 bridgehead atoms. The molecule has 2 heterocycles. The molecule has 1 N–H and O–H groups in total. The van der Waals surface area contributed by atoms with Gasteiger partial charge in [0.2, 0.25) is 5.91 Å². The number of ether oxygens (including phenoxy) is 1. The van der Waals surface area contributed by atoms with Gasteiger partial charge in [-0.3, -0.25) is 9.59 Å². The van der Waals surface area contributed by atoms with Crippen LogP contribution in [0, 0.1) is 0 Å². The van der Waals surface area contributed by atoms with Crippen molar-refractivity contribution in [2.75, 3.05) is 26.2 Å². The van der Waals surface area contributed by atoms with Gasteiger partial charge in [-0.05, 0) is 19.4 Å². The largest absolute Gasteiger partial charge is 0.433 e. The smallest absolute Gasteiger partial charge is 0.418 e.